The van der Waals surface area contributed by atoms with Crippen molar-refractivity contribution in [2.75, 3.05) is 31.9 Å². The van der Waals surface area contributed by atoms with Crippen LogP contribution < -0.4 is 0 Å². The van der Waals surface area contributed by atoms with Gasteiger partial charge in [0.1, 0.15) is 5.82 Å². The van der Waals surface area contributed by atoms with Crippen LogP contribution in [0.15, 0.2) is 28.3 Å². The predicted molar refractivity (Wildman–Crippen MR) is 122 cm³/mol. The van der Waals surface area contributed by atoms with Crippen LogP contribution in [0, 0.1) is 0 Å². The number of thioether (sulfide) groups is 1. The topological polar surface area (TPSA) is 88.4 Å². The summed E-state index contributed by atoms with van der Waals surface area (Å²) >= 11 is 1.43. The molecule has 32 heavy (non-hydrogen) atoms. The highest BCUT2D eigenvalue weighted by Crippen LogP contribution is 2.27. The lowest BCUT2D eigenvalue weighted by Gasteiger charge is -2.34. The summed E-state index contributed by atoms with van der Waals surface area (Å²) in [6.45, 7) is 2.41. The Balaban J connectivity index is 1.17. The van der Waals surface area contributed by atoms with Crippen molar-refractivity contribution < 1.29 is 13.2 Å². The molecular formula is C22H29N5O3S2. The first kappa shape index (κ1) is 21.9. The van der Waals surface area contributed by atoms with Crippen molar-refractivity contribution in [2.24, 2.45) is 0 Å². The average Bonchev–Trinajstić information content (AvgIpc) is 3.37. The number of fused-ring (bicyclic) bond motifs is 2. The zero-order chi connectivity index (χ0) is 22.1. The highest BCUT2D eigenvalue weighted by atomic mass is 32.2. The molecule has 0 radical (unpaired) electrons. The number of carbonyl (C=O) groups excluding carboxylic acids is 1. The Bertz CT molecular complexity index is 1110. The molecule has 10 heteroatoms. The largest absolute Gasteiger partial charge is 0.339 e. The van der Waals surface area contributed by atoms with E-state index >= 15 is 0 Å². The van der Waals surface area contributed by atoms with Gasteiger partial charge in [-0.1, -0.05) is 24.2 Å². The molecule has 0 atom stereocenters. The van der Waals surface area contributed by atoms with Gasteiger partial charge < -0.3 is 9.47 Å². The summed E-state index contributed by atoms with van der Waals surface area (Å²) in [6, 6.07) is 5.53. The summed E-state index contributed by atoms with van der Waals surface area (Å²) in [5.41, 5.74) is 2.42. The van der Waals surface area contributed by atoms with Crippen LogP contribution in [0.4, 0.5) is 0 Å². The molecule has 8 nitrogen and oxygen atoms in total. The molecule has 3 aliphatic rings. The lowest BCUT2D eigenvalue weighted by Crippen LogP contribution is -2.51. The van der Waals surface area contributed by atoms with Crippen LogP contribution >= 0.6 is 11.8 Å². The lowest BCUT2D eigenvalue weighted by molar-refractivity contribution is -0.129. The quantitative estimate of drug-likeness (QED) is 0.616. The fraction of sp³-hybridized carbons (Fsp3) is 0.591. The molecule has 1 aliphatic carbocycles. The number of piperazine rings is 1. The van der Waals surface area contributed by atoms with Gasteiger partial charge in [-0.05, 0) is 55.4 Å². The molecule has 172 valence electrons. The number of nitrogens with zero attached hydrogens (tertiary/aromatic N) is 5. The molecule has 1 amide bonds. The number of rotatable bonds is 5. The Hall–Kier alpha value is -1.91. The summed E-state index contributed by atoms with van der Waals surface area (Å²) in [7, 11) is -3.53. The van der Waals surface area contributed by atoms with Crippen molar-refractivity contribution in [2.45, 2.75) is 61.5 Å². The third-order valence-corrected chi connectivity index (χ3v) is 9.55. The number of hydrogen-bond donors (Lipinski definition) is 0. The van der Waals surface area contributed by atoms with Crippen LogP contribution in [0.2, 0.25) is 0 Å². The maximum Gasteiger partial charge on any atom is 0.243 e. The standard InChI is InChI=1S/C22H29N5O3S2/c28-21(16-31-22-24-23-20-7-2-1-3-10-27(20)22)25-11-13-26(14-12-25)32(29,30)19-9-8-17-5-4-6-18(17)15-19/h8-9,15H,1-7,10-14,16H2. The third kappa shape index (κ3) is 4.32. The summed E-state index contributed by atoms with van der Waals surface area (Å²) < 4.78 is 29.9. The van der Waals surface area contributed by atoms with Crippen molar-refractivity contribution in [1.82, 2.24) is 24.0 Å². The van der Waals surface area contributed by atoms with E-state index in [2.05, 4.69) is 14.8 Å². The van der Waals surface area contributed by atoms with Crippen LogP contribution in [0.25, 0.3) is 0 Å². The van der Waals surface area contributed by atoms with Crippen LogP contribution in [-0.2, 0) is 40.6 Å². The minimum absolute atomic E-state index is 0.0237. The van der Waals surface area contributed by atoms with Crippen LogP contribution in [-0.4, -0.2) is 70.2 Å². The first-order chi connectivity index (χ1) is 15.5. The maximum atomic E-state index is 13.1. The first-order valence-corrected chi connectivity index (χ1v) is 13.9. The van der Waals surface area contributed by atoms with Gasteiger partial charge in [0.15, 0.2) is 5.16 Å². The SMILES string of the molecule is O=C(CSc1nnc2n1CCCCC2)N1CCN(S(=O)(=O)c2ccc3c(c2)CCC3)CC1. The van der Waals surface area contributed by atoms with E-state index in [4.69, 9.17) is 0 Å². The smallest absolute Gasteiger partial charge is 0.243 e. The van der Waals surface area contributed by atoms with Gasteiger partial charge in [0, 0.05) is 39.1 Å². The van der Waals surface area contributed by atoms with Crippen molar-refractivity contribution in [3.8, 4) is 0 Å². The molecule has 1 fully saturated rings. The molecule has 1 saturated heterocycles. The molecule has 0 spiro atoms. The molecule has 0 N–H and O–H groups in total. The zero-order valence-corrected chi connectivity index (χ0v) is 19.8. The van der Waals surface area contributed by atoms with E-state index < -0.39 is 10.0 Å². The Morgan fingerprint density at radius 2 is 1.72 bits per heavy atom. The molecule has 1 aromatic carbocycles. The summed E-state index contributed by atoms with van der Waals surface area (Å²) in [5.74, 6) is 1.34. The predicted octanol–water partition coefficient (Wildman–Crippen LogP) is 2.12. The number of benzene rings is 1. The molecule has 3 heterocycles. The number of amides is 1. The van der Waals surface area contributed by atoms with Crippen molar-refractivity contribution in [3.05, 3.63) is 35.2 Å². The highest BCUT2D eigenvalue weighted by Gasteiger charge is 2.31. The van der Waals surface area contributed by atoms with Gasteiger partial charge in [0.05, 0.1) is 10.6 Å². The normalized spacial score (nSPS) is 19.4. The van der Waals surface area contributed by atoms with Crippen molar-refractivity contribution in [3.63, 3.8) is 0 Å². The van der Waals surface area contributed by atoms with Gasteiger partial charge in [-0.15, -0.1) is 10.2 Å². The molecule has 1 aromatic heterocycles. The van der Waals surface area contributed by atoms with E-state index in [1.807, 2.05) is 12.1 Å². The molecular weight excluding hydrogens is 446 g/mol. The lowest BCUT2D eigenvalue weighted by atomic mass is 10.1. The minimum Gasteiger partial charge on any atom is -0.339 e. The van der Waals surface area contributed by atoms with E-state index in [1.165, 1.54) is 28.1 Å². The van der Waals surface area contributed by atoms with Gasteiger partial charge in [0.2, 0.25) is 15.9 Å². The Kier molecular flexibility index (Phi) is 6.26. The van der Waals surface area contributed by atoms with Gasteiger partial charge in [-0.2, -0.15) is 4.31 Å². The number of aromatic nitrogens is 3. The molecule has 0 bridgehead atoms. The fourth-order valence-corrected chi connectivity index (χ4v) is 7.18. The van der Waals surface area contributed by atoms with Gasteiger partial charge >= 0.3 is 0 Å². The molecule has 0 saturated carbocycles. The number of aryl methyl sites for hydroxylation is 3. The average molecular weight is 476 g/mol. The van der Waals surface area contributed by atoms with Crippen molar-refractivity contribution in [1.29, 1.82) is 0 Å². The number of sulfonamides is 1. The fourth-order valence-electron chi connectivity index (χ4n) is 4.82. The second-order valence-electron chi connectivity index (χ2n) is 8.72. The monoisotopic (exact) mass is 475 g/mol. The molecule has 0 unspecified atom stereocenters. The Morgan fingerprint density at radius 1 is 0.906 bits per heavy atom. The van der Waals surface area contributed by atoms with E-state index in [1.54, 1.807) is 11.0 Å². The van der Waals surface area contributed by atoms with E-state index in [9.17, 15) is 13.2 Å². The van der Waals surface area contributed by atoms with E-state index in [-0.39, 0.29) is 5.91 Å². The summed E-state index contributed by atoms with van der Waals surface area (Å²) in [4.78, 5) is 14.9. The van der Waals surface area contributed by atoms with Crippen LogP contribution in [0.1, 0.15) is 42.6 Å². The Morgan fingerprint density at radius 3 is 2.56 bits per heavy atom. The van der Waals surface area contributed by atoms with E-state index in [0.29, 0.717) is 36.8 Å². The molecule has 2 aromatic rings. The zero-order valence-electron chi connectivity index (χ0n) is 18.2. The molecule has 5 rings (SSSR count). The number of carbonyl (C=O) groups is 1. The van der Waals surface area contributed by atoms with Crippen LogP contribution in [0.3, 0.4) is 0 Å². The van der Waals surface area contributed by atoms with Gasteiger partial charge in [0.25, 0.3) is 0 Å². The highest BCUT2D eigenvalue weighted by molar-refractivity contribution is 7.99. The molecule has 2 aliphatic heterocycles. The second kappa shape index (κ2) is 9.15. The maximum absolute atomic E-state index is 13.1. The van der Waals surface area contributed by atoms with Gasteiger partial charge in [-0.25, -0.2) is 8.42 Å². The summed E-state index contributed by atoms with van der Waals surface area (Å²) in [5, 5.41) is 9.38. The van der Waals surface area contributed by atoms with Gasteiger partial charge in [-0.3, -0.25) is 4.79 Å². The minimum atomic E-state index is -3.53. The van der Waals surface area contributed by atoms with E-state index in [0.717, 1.165) is 61.6 Å². The first-order valence-electron chi connectivity index (χ1n) is 11.5. The summed E-state index contributed by atoms with van der Waals surface area (Å²) in [6.07, 6.45) is 7.48. The number of hydrogen-bond acceptors (Lipinski definition) is 6. The Labute approximate surface area is 193 Å². The second-order valence-corrected chi connectivity index (χ2v) is 11.6. The van der Waals surface area contributed by atoms with Crippen molar-refractivity contribution >= 4 is 27.7 Å². The van der Waals surface area contributed by atoms with Crippen LogP contribution in [0.5, 0.6) is 0 Å². The third-order valence-electron chi connectivity index (χ3n) is 6.70.